The Hall–Kier alpha value is -2.84. The zero-order chi connectivity index (χ0) is 25.3. The molecule has 2 fully saturated rings. The molecule has 1 atom stereocenters. The van der Waals surface area contributed by atoms with Crippen LogP contribution in [0.15, 0.2) is 42.5 Å². The molecule has 2 aromatic carbocycles. The minimum atomic E-state index is -0.681. The highest BCUT2D eigenvalue weighted by molar-refractivity contribution is 5.91. The lowest BCUT2D eigenvalue weighted by Gasteiger charge is -2.41. The third-order valence-corrected chi connectivity index (χ3v) is 8.15. The van der Waals surface area contributed by atoms with Crippen LogP contribution in [0.3, 0.4) is 0 Å². The number of rotatable bonds is 5. The van der Waals surface area contributed by atoms with Gasteiger partial charge in [0, 0.05) is 43.7 Å². The third-order valence-electron chi connectivity index (χ3n) is 8.15. The third kappa shape index (κ3) is 5.15. The van der Waals surface area contributed by atoms with Crippen LogP contribution >= 0.6 is 0 Å². The van der Waals surface area contributed by atoms with Crippen LogP contribution in [0.5, 0.6) is 0 Å². The summed E-state index contributed by atoms with van der Waals surface area (Å²) >= 11 is 0. The van der Waals surface area contributed by atoms with Crippen molar-refractivity contribution in [3.05, 3.63) is 71.1 Å². The largest absolute Gasteiger partial charge is 0.392 e. The van der Waals surface area contributed by atoms with E-state index in [1.54, 1.807) is 11.0 Å². The van der Waals surface area contributed by atoms with Crippen molar-refractivity contribution in [1.29, 1.82) is 0 Å². The summed E-state index contributed by atoms with van der Waals surface area (Å²) in [5, 5.41) is 14.2. The number of carbonyl (C=O) groups is 1. The van der Waals surface area contributed by atoms with Crippen molar-refractivity contribution in [1.82, 2.24) is 9.80 Å². The number of β-amino-alcohol motifs (C(OH)–C–C–N with tert-alkyl or cyclic N) is 1. The Morgan fingerprint density at radius 1 is 1.08 bits per heavy atom. The van der Waals surface area contributed by atoms with Gasteiger partial charge in [-0.3, -0.25) is 4.79 Å². The number of nitrogens with zero attached hydrogens (tertiary/aromatic N) is 2. The second-order valence-electron chi connectivity index (χ2n) is 10.4. The Bertz CT molecular complexity index is 1120. The standard InChI is InChI=1S/C28H32F3N3O2/c29-21-14-19(15-22(30)16-21)4-5-26(36)34-10-6-20(7-11-34)25(35)17-33-12-8-28(9-13-33)18-32-27-23(28)2-1-3-24(27)31/h1-5,14-16,20,25,32,35H,6-13,17-18H2/b5-4+. The molecule has 0 radical (unpaired) electrons. The summed E-state index contributed by atoms with van der Waals surface area (Å²) in [6.07, 6.45) is 5.58. The number of piperidine rings is 2. The number of nitrogens with one attached hydrogen (secondary N) is 1. The smallest absolute Gasteiger partial charge is 0.246 e. The molecule has 1 spiro atoms. The summed E-state index contributed by atoms with van der Waals surface area (Å²) in [4.78, 5) is 16.5. The molecule has 5 rings (SSSR count). The van der Waals surface area contributed by atoms with Gasteiger partial charge in [-0.2, -0.15) is 0 Å². The van der Waals surface area contributed by atoms with Crippen molar-refractivity contribution < 1.29 is 23.1 Å². The first kappa shape index (κ1) is 24.8. The van der Waals surface area contributed by atoms with Crippen molar-refractivity contribution in [2.75, 3.05) is 44.6 Å². The van der Waals surface area contributed by atoms with Crippen molar-refractivity contribution in [2.45, 2.75) is 37.2 Å². The first-order valence-corrected chi connectivity index (χ1v) is 12.7. The highest BCUT2D eigenvalue weighted by Crippen LogP contribution is 2.45. The number of likely N-dealkylation sites (tertiary alicyclic amines) is 2. The first-order valence-electron chi connectivity index (χ1n) is 12.7. The van der Waals surface area contributed by atoms with Gasteiger partial charge in [-0.15, -0.1) is 0 Å². The molecule has 192 valence electrons. The highest BCUT2D eigenvalue weighted by Gasteiger charge is 2.42. The lowest BCUT2D eigenvalue weighted by Crippen LogP contribution is -2.48. The van der Waals surface area contributed by atoms with Crippen LogP contribution in [0.4, 0.5) is 18.9 Å². The molecule has 5 nitrogen and oxygen atoms in total. The monoisotopic (exact) mass is 499 g/mol. The lowest BCUT2D eigenvalue weighted by atomic mass is 9.74. The molecule has 3 aliphatic heterocycles. The van der Waals surface area contributed by atoms with E-state index in [1.165, 1.54) is 30.4 Å². The summed E-state index contributed by atoms with van der Waals surface area (Å²) in [7, 11) is 0. The number of carbonyl (C=O) groups excluding carboxylic acids is 1. The molecule has 3 heterocycles. The molecule has 0 aromatic heterocycles. The Labute approximate surface area is 209 Å². The number of fused-ring (bicyclic) bond motifs is 2. The first-order chi connectivity index (χ1) is 17.3. The van der Waals surface area contributed by atoms with Crippen molar-refractivity contribution >= 4 is 17.7 Å². The molecule has 1 unspecified atom stereocenters. The second-order valence-corrected chi connectivity index (χ2v) is 10.4. The fraction of sp³-hybridized carbons (Fsp3) is 0.464. The number of amides is 1. The van der Waals surface area contributed by atoms with E-state index in [0.29, 0.717) is 43.7 Å². The number of halogens is 3. The molecule has 2 saturated heterocycles. The maximum absolute atomic E-state index is 14.1. The van der Waals surface area contributed by atoms with Crippen LogP contribution in [-0.2, 0) is 10.2 Å². The van der Waals surface area contributed by atoms with Gasteiger partial charge in [-0.05, 0) is 80.1 Å². The molecule has 0 bridgehead atoms. The van der Waals surface area contributed by atoms with Gasteiger partial charge in [-0.25, -0.2) is 13.2 Å². The quantitative estimate of drug-likeness (QED) is 0.607. The Kier molecular flexibility index (Phi) is 7.08. The van der Waals surface area contributed by atoms with Crippen molar-refractivity contribution in [3.63, 3.8) is 0 Å². The van der Waals surface area contributed by atoms with E-state index in [9.17, 15) is 23.1 Å². The summed E-state index contributed by atoms with van der Waals surface area (Å²) in [5.41, 5.74) is 1.99. The van der Waals surface area contributed by atoms with Crippen LogP contribution in [0.2, 0.25) is 0 Å². The molecule has 8 heteroatoms. The zero-order valence-corrected chi connectivity index (χ0v) is 20.2. The van der Waals surface area contributed by atoms with Crippen LogP contribution < -0.4 is 5.32 Å². The molecular formula is C28H32F3N3O2. The molecule has 0 aliphatic carbocycles. The van der Waals surface area contributed by atoms with Gasteiger partial charge in [0.15, 0.2) is 0 Å². The van der Waals surface area contributed by atoms with Crippen LogP contribution in [-0.4, -0.2) is 66.2 Å². The Morgan fingerprint density at radius 2 is 1.78 bits per heavy atom. The van der Waals surface area contributed by atoms with Crippen molar-refractivity contribution in [2.24, 2.45) is 5.92 Å². The van der Waals surface area contributed by atoms with Crippen LogP contribution in [0.25, 0.3) is 6.08 Å². The van der Waals surface area contributed by atoms with Gasteiger partial charge >= 0.3 is 0 Å². The molecule has 1 amide bonds. The number of hydrogen-bond donors (Lipinski definition) is 2. The lowest BCUT2D eigenvalue weighted by molar-refractivity contribution is -0.128. The predicted molar refractivity (Wildman–Crippen MR) is 133 cm³/mol. The summed E-state index contributed by atoms with van der Waals surface area (Å²) in [6.45, 7) is 4.16. The van der Waals surface area contributed by atoms with E-state index in [4.69, 9.17) is 0 Å². The van der Waals surface area contributed by atoms with Gasteiger partial charge in [0.2, 0.25) is 5.91 Å². The number of hydrogen-bond acceptors (Lipinski definition) is 4. The number of benzene rings is 2. The Balaban J connectivity index is 1.09. The van der Waals surface area contributed by atoms with E-state index in [2.05, 4.69) is 10.2 Å². The molecule has 2 N–H and O–H groups in total. The van der Waals surface area contributed by atoms with Crippen LogP contribution in [0, 0.1) is 23.4 Å². The highest BCUT2D eigenvalue weighted by atomic mass is 19.1. The SMILES string of the molecule is O=C(/C=C/c1cc(F)cc(F)c1)N1CCC(C(O)CN2CCC3(CC2)CNc2c(F)cccc23)CC1. The van der Waals surface area contributed by atoms with Gasteiger partial charge in [-0.1, -0.05) is 12.1 Å². The summed E-state index contributed by atoms with van der Waals surface area (Å²) < 4.78 is 40.8. The number of aliphatic hydroxyl groups is 1. The van der Waals surface area contributed by atoms with Gasteiger partial charge in [0.05, 0.1) is 11.8 Å². The van der Waals surface area contributed by atoms with Crippen LogP contribution in [0.1, 0.15) is 36.8 Å². The molecule has 36 heavy (non-hydrogen) atoms. The minimum absolute atomic E-state index is 0.0323. The maximum Gasteiger partial charge on any atom is 0.246 e. The maximum atomic E-state index is 14.1. The normalized spacial score (nSPS) is 21.1. The molecular weight excluding hydrogens is 467 g/mol. The van der Waals surface area contributed by atoms with Gasteiger partial charge in [0.25, 0.3) is 0 Å². The van der Waals surface area contributed by atoms with Gasteiger partial charge < -0.3 is 20.2 Å². The predicted octanol–water partition coefficient (Wildman–Crippen LogP) is 4.18. The Morgan fingerprint density at radius 3 is 2.47 bits per heavy atom. The average Bonchev–Trinajstić information content (AvgIpc) is 3.23. The summed E-state index contributed by atoms with van der Waals surface area (Å²) in [5.74, 6) is -1.63. The van der Waals surface area contributed by atoms with E-state index >= 15 is 0 Å². The molecule has 3 aliphatic rings. The fourth-order valence-electron chi connectivity index (χ4n) is 5.97. The second kappa shape index (κ2) is 10.3. The van der Waals surface area contributed by atoms with E-state index < -0.39 is 17.7 Å². The fourth-order valence-corrected chi connectivity index (χ4v) is 5.97. The molecule has 0 saturated carbocycles. The van der Waals surface area contributed by atoms with Crippen molar-refractivity contribution in [3.8, 4) is 0 Å². The number of anilines is 1. The molecule has 2 aromatic rings. The van der Waals surface area contributed by atoms with E-state index in [-0.39, 0.29) is 23.1 Å². The average molecular weight is 500 g/mol. The summed E-state index contributed by atoms with van der Waals surface area (Å²) in [6, 6.07) is 8.47. The number of para-hydroxylation sites is 1. The zero-order valence-electron chi connectivity index (χ0n) is 20.2. The van der Waals surface area contributed by atoms with Gasteiger partial charge in [0.1, 0.15) is 17.5 Å². The topological polar surface area (TPSA) is 55.8 Å². The van der Waals surface area contributed by atoms with E-state index in [1.807, 2.05) is 6.07 Å². The van der Waals surface area contributed by atoms with E-state index in [0.717, 1.165) is 44.1 Å². The minimum Gasteiger partial charge on any atom is -0.392 e. The number of aliphatic hydroxyl groups excluding tert-OH is 1.